The molecular weight excluding hydrogens is 643 g/mol. The van der Waals surface area contributed by atoms with Crippen molar-refractivity contribution >= 4 is 57.5 Å². The van der Waals surface area contributed by atoms with Gasteiger partial charge in [0.1, 0.15) is 15.7 Å². The number of hydrogen-bond acceptors (Lipinski definition) is 12. The lowest BCUT2D eigenvalue weighted by Gasteiger charge is -2.11. The number of amides is 2. The fourth-order valence-corrected chi connectivity index (χ4v) is 6.00. The first-order valence-electron chi connectivity index (χ1n) is 13.7. The minimum Gasteiger partial charge on any atom is -0.462 e. The third-order valence-electron chi connectivity index (χ3n) is 6.22. The number of carbonyl (C=O) groups excluding carboxylic acids is 4. The van der Waals surface area contributed by atoms with Crippen LogP contribution in [0.25, 0.3) is 5.69 Å². The van der Waals surface area contributed by atoms with E-state index in [0.29, 0.717) is 11.3 Å². The summed E-state index contributed by atoms with van der Waals surface area (Å²) in [7, 11) is 0. The highest BCUT2D eigenvalue weighted by Gasteiger charge is 2.28. The van der Waals surface area contributed by atoms with E-state index in [1.165, 1.54) is 47.0 Å². The van der Waals surface area contributed by atoms with Crippen LogP contribution in [0.4, 0.5) is 15.1 Å². The summed E-state index contributed by atoms with van der Waals surface area (Å²) in [6, 6.07) is 10.9. The van der Waals surface area contributed by atoms with Crippen LogP contribution >= 0.6 is 23.1 Å². The first-order valence-corrected chi connectivity index (χ1v) is 15.5. The number of carbonyl (C=O) groups is 4. The lowest BCUT2D eigenvalue weighted by Crippen LogP contribution is -2.25. The van der Waals surface area contributed by atoms with Gasteiger partial charge in [0.25, 0.3) is 11.6 Å². The van der Waals surface area contributed by atoms with Gasteiger partial charge in [-0.25, -0.2) is 14.0 Å². The van der Waals surface area contributed by atoms with Crippen LogP contribution in [0.5, 0.6) is 0 Å². The smallest absolute Gasteiger partial charge is 0.348 e. The maximum atomic E-state index is 14.1. The second-order valence-electron chi connectivity index (χ2n) is 9.21. The summed E-state index contributed by atoms with van der Waals surface area (Å²) in [4.78, 5) is 61.6. The molecule has 0 unspecified atom stereocenters. The summed E-state index contributed by atoms with van der Waals surface area (Å²) < 4.78 is 25.8. The summed E-state index contributed by atoms with van der Waals surface area (Å²) in [6.45, 7) is 4.82. The van der Waals surface area contributed by atoms with Crippen molar-refractivity contribution in [2.75, 3.05) is 24.3 Å². The molecule has 0 aliphatic heterocycles. The summed E-state index contributed by atoms with van der Waals surface area (Å²) in [5.41, 5.74) is 0.407. The first kappa shape index (κ1) is 33.7. The molecule has 46 heavy (non-hydrogen) atoms. The van der Waals surface area contributed by atoms with E-state index in [1.54, 1.807) is 20.8 Å². The number of hydrogen-bond donors (Lipinski definition) is 2. The zero-order valence-corrected chi connectivity index (χ0v) is 26.3. The third-order valence-corrected chi connectivity index (χ3v) is 8.33. The van der Waals surface area contributed by atoms with E-state index in [0.717, 1.165) is 29.2 Å². The number of anilines is 1. The number of aromatic nitrogens is 3. The number of nitrogens with zero attached hydrogens (tertiary/aromatic N) is 4. The Morgan fingerprint density at radius 2 is 1.70 bits per heavy atom. The van der Waals surface area contributed by atoms with Crippen molar-refractivity contribution in [3.05, 3.63) is 91.9 Å². The van der Waals surface area contributed by atoms with E-state index < -0.39 is 34.5 Å². The van der Waals surface area contributed by atoms with Crippen molar-refractivity contribution in [1.82, 2.24) is 20.1 Å². The van der Waals surface area contributed by atoms with Crippen LogP contribution in [0.1, 0.15) is 55.6 Å². The molecule has 0 saturated carbocycles. The van der Waals surface area contributed by atoms with Crippen LogP contribution in [-0.4, -0.2) is 62.4 Å². The molecule has 2 aromatic carbocycles. The van der Waals surface area contributed by atoms with Gasteiger partial charge in [0.15, 0.2) is 11.0 Å². The molecule has 2 aromatic heterocycles. The van der Waals surface area contributed by atoms with Gasteiger partial charge in [-0.15, -0.1) is 21.5 Å². The fourth-order valence-electron chi connectivity index (χ4n) is 4.13. The Hall–Kier alpha value is -5.16. The minimum absolute atomic E-state index is 0.0372. The van der Waals surface area contributed by atoms with E-state index >= 15 is 0 Å². The number of thiophene rings is 1. The summed E-state index contributed by atoms with van der Waals surface area (Å²) in [5.74, 6) is -3.36. The highest BCUT2D eigenvalue weighted by atomic mass is 32.2. The van der Waals surface area contributed by atoms with Crippen molar-refractivity contribution < 1.29 is 38.0 Å². The molecule has 17 heteroatoms. The number of thioether (sulfide) groups is 1. The van der Waals surface area contributed by atoms with Crippen molar-refractivity contribution in [1.29, 1.82) is 0 Å². The molecule has 0 aliphatic rings. The molecule has 4 aromatic rings. The zero-order chi connectivity index (χ0) is 33.4. The number of esters is 2. The number of nitro benzene ring substituents is 1. The van der Waals surface area contributed by atoms with Gasteiger partial charge < -0.3 is 20.1 Å². The van der Waals surface area contributed by atoms with E-state index in [9.17, 15) is 33.7 Å². The van der Waals surface area contributed by atoms with Crippen LogP contribution in [0.3, 0.4) is 0 Å². The van der Waals surface area contributed by atoms with Crippen molar-refractivity contribution in [3.8, 4) is 5.69 Å². The monoisotopic (exact) mass is 670 g/mol. The molecule has 0 spiro atoms. The van der Waals surface area contributed by atoms with E-state index in [4.69, 9.17) is 9.47 Å². The average Bonchev–Trinajstić information content (AvgIpc) is 3.59. The Bertz CT molecular complexity index is 1790. The summed E-state index contributed by atoms with van der Waals surface area (Å²) in [5, 5.41) is 25.0. The SMILES string of the molecule is CCOC(=O)c1sc(NC(=O)CSc2nnc(CNC(=O)c3ccccc3F)n2-c2ccc([N+](=O)[O-])cc2)c(C(=O)OCC)c1C. The summed E-state index contributed by atoms with van der Waals surface area (Å²) in [6.07, 6.45) is 0. The maximum absolute atomic E-state index is 14.1. The molecule has 0 radical (unpaired) electrons. The number of non-ortho nitro benzene ring substituents is 1. The molecule has 14 nitrogen and oxygen atoms in total. The van der Waals surface area contributed by atoms with Crippen molar-refractivity contribution in [2.24, 2.45) is 0 Å². The predicted molar refractivity (Wildman–Crippen MR) is 166 cm³/mol. The number of nitro groups is 1. The van der Waals surface area contributed by atoms with Crippen LogP contribution < -0.4 is 10.6 Å². The number of halogens is 1. The number of ether oxygens (including phenoxy) is 2. The standard InChI is InChI=1S/C29H27FN6O8S2/c1-4-43-27(39)23-16(3)24(28(40)44-5-2)46-26(23)32-22(37)15-45-29-34-33-21(14-31-25(38)19-8-6-7-9-20(19)30)35(29)17-10-12-18(13-11-17)36(41)42/h6-13H,4-5,14-15H2,1-3H3,(H,31,38)(H,32,37). The van der Waals surface area contributed by atoms with Gasteiger partial charge >= 0.3 is 11.9 Å². The van der Waals surface area contributed by atoms with Gasteiger partial charge in [-0.3, -0.25) is 24.3 Å². The molecule has 2 N–H and O–H groups in total. The second-order valence-corrected chi connectivity index (χ2v) is 11.2. The van der Waals surface area contributed by atoms with Gasteiger partial charge in [0.2, 0.25) is 5.91 Å². The van der Waals surface area contributed by atoms with E-state index in [1.807, 2.05) is 0 Å². The van der Waals surface area contributed by atoms with Crippen molar-refractivity contribution in [2.45, 2.75) is 32.5 Å². The molecule has 4 rings (SSSR count). The van der Waals surface area contributed by atoms with Gasteiger partial charge in [-0.05, 0) is 50.6 Å². The van der Waals surface area contributed by atoms with Gasteiger partial charge in [0, 0.05) is 17.8 Å². The minimum atomic E-state index is -0.713. The first-order chi connectivity index (χ1) is 22.0. The summed E-state index contributed by atoms with van der Waals surface area (Å²) >= 11 is 1.83. The molecule has 0 fully saturated rings. The van der Waals surface area contributed by atoms with Crippen LogP contribution in [0.15, 0.2) is 53.7 Å². The van der Waals surface area contributed by atoms with Gasteiger partial charge in [-0.2, -0.15) is 0 Å². The molecule has 0 bridgehead atoms. The molecule has 0 aliphatic carbocycles. The average molecular weight is 671 g/mol. The number of nitrogens with one attached hydrogen (secondary N) is 2. The highest BCUT2D eigenvalue weighted by molar-refractivity contribution is 7.99. The number of benzene rings is 2. The lowest BCUT2D eigenvalue weighted by atomic mass is 10.1. The molecule has 240 valence electrons. The fraction of sp³-hybridized carbons (Fsp3) is 0.241. The van der Waals surface area contributed by atoms with Crippen LogP contribution in [0.2, 0.25) is 0 Å². The number of rotatable bonds is 13. The van der Waals surface area contributed by atoms with Crippen molar-refractivity contribution in [3.63, 3.8) is 0 Å². The van der Waals surface area contributed by atoms with Gasteiger partial charge in [0.05, 0.1) is 41.6 Å². The normalized spacial score (nSPS) is 10.7. The third kappa shape index (κ3) is 7.73. The quantitative estimate of drug-likeness (QED) is 0.0870. The van der Waals surface area contributed by atoms with E-state index in [2.05, 4.69) is 20.8 Å². The van der Waals surface area contributed by atoms with Gasteiger partial charge in [-0.1, -0.05) is 23.9 Å². The molecule has 2 amide bonds. The molecule has 0 saturated heterocycles. The maximum Gasteiger partial charge on any atom is 0.348 e. The second kappa shape index (κ2) is 15.2. The van der Waals surface area contributed by atoms with Crippen LogP contribution in [-0.2, 0) is 20.8 Å². The topological polar surface area (TPSA) is 185 Å². The van der Waals surface area contributed by atoms with E-state index in [-0.39, 0.29) is 63.2 Å². The Kier molecular flexibility index (Phi) is 11.2. The molecule has 0 atom stereocenters. The lowest BCUT2D eigenvalue weighted by molar-refractivity contribution is -0.384. The Morgan fingerprint density at radius 1 is 1.02 bits per heavy atom. The van der Waals surface area contributed by atoms with Crippen LogP contribution in [0, 0.1) is 22.9 Å². The Labute approximate surface area is 269 Å². The molecule has 2 heterocycles. The molecular formula is C29H27FN6O8S2. The zero-order valence-electron chi connectivity index (χ0n) is 24.7. The Balaban J connectivity index is 1.57. The predicted octanol–water partition coefficient (Wildman–Crippen LogP) is 4.70. The largest absolute Gasteiger partial charge is 0.462 e. The Morgan fingerprint density at radius 3 is 2.35 bits per heavy atom. The highest BCUT2D eigenvalue weighted by Crippen LogP contribution is 2.35.